The molecular formula is C30H29ClF2N2O5S. The van der Waals surface area contributed by atoms with Crippen molar-refractivity contribution < 1.29 is 32.2 Å². The minimum Gasteiger partial charge on any atom is -0.386 e. The lowest BCUT2D eigenvalue weighted by molar-refractivity contribution is -0.145. The fraction of sp³-hybridized carbons (Fsp3) is 0.400. The predicted octanol–water partition coefficient (Wildman–Crippen LogP) is 5.57. The molecule has 216 valence electrons. The number of fused-ring (bicyclic) bond motifs is 2. The van der Waals surface area contributed by atoms with Gasteiger partial charge in [0.15, 0.2) is 21.5 Å². The van der Waals surface area contributed by atoms with Gasteiger partial charge in [0, 0.05) is 28.9 Å². The van der Waals surface area contributed by atoms with Gasteiger partial charge in [-0.2, -0.15) is 0 Å². The van der Waals surface area contributed by atoms with Crippen LogP contribution in [0.4, 0.5) is 14.5 Å². The van der Waals surface area contributed by atoms with Crippen molar-refractivity contribution in [3.63, 3.8) is 0 Å². The van der Waals surface area contributed by atoms with Crippen LogP contribution in [0.5, 0.6) is 0 Å². The van der Waals surface area contributed by atoms with Crippen LogP contribution in [-0.4, -0.2) is 40.4 Å². The van der Waals surface area contributed by atoms with Crippen LogP contribution in [0.15, 0.2) is 59.5 Å². The number of carbonyl (C=O) groups is 1. The zero-order valence-electron chi connectivity index (χ0n) is 21.9. The second-order valence-corrected chi connectivity index (χ2v) is 14.0. The van der Waals surface area contributed by atoms with E-state index in [0.29, 0.717) is 24.5 Å². The molecule has 0 spiro atoms. The molecule has 3 aliphatic rings. The molecule has 0 saturated heterocycles. The highest BCUT2D eigenvalue weighted by Crippen LogP contribution is 2.56. The maximum atomic E-state index is 13.9. The standard InChI is InChI=1S/C30H29ClF2N2O5S/c31-22-10-6-17(29(37)34-20-9-11-23(32)24(33)15-20)12-27(22)41(39,40)21-13-18-7-8-19(14-21)30(18,38)28(36)26-3-1-2-25(35-26)16-4-5-16/h1-3,6,9-12,15-16,18-19,21,28,36,38H,4-5,7-8,13-14H2,(H,34,37)/t18-,19?,21-,28?,30-/m0/s1. The third kappa shape index (κ3) is 5.05. The van der Waals surface area contributed by atoms with Gasteiger partial charge in [0.25, 0.3) is 5.91 Å². The number of aliphatic hydroxyl groups is 2. The average Bonchev–Trinajstić information content (AvgIpc) is 3.78. The zero-order valence-corrected chi connectivity index (χ0v) is 23.5. The van der Waals surface area contributed by atoms with Crippen LogP contribution in [0.1, 0.15) is 72.3 Å². The Hall–Kier alpha value is -2.92. The van der Waals surface area contributed by atoms with Gasteiger partial charge in [-0.15, -0.1) is 0 Å². The van der Waals surface area contributed by atoms with E-state index in [9.17, 15) is 32.2 Å². The van der Waals surface area contributed by atoms with Crippen molar-refractivity contribution in [2.45, 2.75) is 66.3 Å². The first-order valence-electron chi connectivity index (χ1n) is 13.7. The van der Waals surface area contributed by atoms with Crippen LogP contribution in [0.2, 0.25) is 5.02 Å². The Kier molecular flexibility index (Phi) is 7.17. The minimum absolute atomic E-state index is 0.00659. The molecule has 2 bridgehead atoms. The van der Waals surface area contributed by atoms with Gasteiger partial charge in [-0.05, 0) is 92.8 Å². The number of aromatic nitrogens is 1. The number of nitrogens with one attached hydrogen (secondary N) is 1. The number of halogens is 3. The van der Waals surface area contributed by atoms with Gasteiger partial charge in [-0.1, -0.05) is 17.7 Å². The van der Waals surface area contributed by atoms with Crippen molar-refractivity contribution in [1.82, 2.24) is 4.98 Å². The van der Waals surface area contributed by atoms with Crippen molar-refractivity contribution in [3.8, 4) is 0 Å². The number of nitrogens with zero attached hydrogens (tertiary/aromatic N) is 1. The molecule has 1 heterocycles. The van der Waals surface area contributed by atoms with E-state index in [0.717, 1.165) is 30.7 Å². The largest absolute Gasteiger partial charge is 0.386 e. The van der Waals surface area contributed by atoms with Crippen molar-refractivity contribution in [1.29, 1.82) is 0 Å². The van der Waals surface area contributed by atoms with Crippen LogP contribution in [-0.2, 0) is 9.84 Å². The van der Waals surface area contributed by atoms with Gasteiger partial charge in [-0.25, -0.2) is 17.2 Å². The quantitative estimate of drug-likeness (QED) is 0.326. The lowest BCUT2D eigenvalue weighted by Crippen LogP contribution is -2.52. The number of amides is 1. The Morgan fingerprint density at radius 2 is 1.71 bits per heavy atom. The van der Waals surface area contributed by atoms with Gasteiger partial charge in [-0.3, -0.25) is 9.78 Å². The minimum atomic E-state index is -4.04. The predicted molar refractivity (Wildman–Crippen MR) is 148 cm³/mol. The molecule has 11 heteroatoms. The SMILES string of the molecule is O=C(Nc1ccc(F)c(F)c1)c1ccc(Cl)c(S(=O)(=O)[C@@H]2CC3CC[C@@H](C2)[C@@]3(O)C(O)c2cccc(C3CC3)n2)c1. The summed E-state index contributed by atoms with van der Waals surface area (Å²) in [6, 6.07) is 12.2. The van der Waals surface area contributed by atoms with Gasteiger partial charge in [0.2, 0.25) is 0 Å². The maximum absolute atomic E-state index is 13.9. The Morgan fingerprint density at radius 1 is 1.00 bits per heavy atom. The normalized spacial score (nSPS) is 26.5. The van der Waals surface area contributed by atoms with E-state index in [1.165, 1.54) is 24.3 Å². The smallest absolute Gasteiger partial charge is 0.255 e. The monoisotopic (exact) mass is 602 g/mol. The summed E-state index contributed by atoms with van der Waals surface area (Å²) in [5.74, 6) is -3.47. The van der Waals surface area contributed by atoms with E-state index in [2.05, 4.69) is 10.3 Å². The van der Waals surface area contributed by atoms with Gasteiger partial charge < -0.3 is 15.5 Å². The number of hydrogen-bond acceptors (Lipinski definition) is 6. The average molecular weight is 603 g/mol. The van der Waals surface area contributed by atoms with Gasteiger partial charge in [0.1, 0.15) is 11.7 Å². The summed E-state index contributed by atoms with van der Waals surface area (Å²) in [6.45, 7) is 0. The number of aliphatic hydroxyl groups excluding tert-OH is 1. The fourth-order valence-electron chi connectivity index (χ4n) is 6.53. The first-order valence-corrected chi connectivity index (χ1v) is 15.6. The van der Waals surface area contributed by atoms with Crippen molar-refractivity contribution >= 4 is 33.0 Å². The number of carbonyl (C=O) groups excluding carboxylic acids is 1. The van der Waals surface area contributed by atoms with E-state index in [4.69, 9.17) is 11.6 Å². The van der Waals surface area contributed by atoms with Crippen molar-refractivity contribution in [3.05, 3.63) is 88.2 Å². The van der Waals surface area contributed by atoms with Gasteiger partial charge >= 0.3 is 0 Å². The lowest BCUT2D eigenvalue weighted by Gasteiger charge is -2.45. The maximum Gasteiger partial charge on any atom is 0.255 e. The topological polar surface area (TPSA) is 117 Å². The molecule has 6 rings (SSSR count). The second-order valence-electron chi connectivity index (χ2n) is 11.4. The summed E-state index contributed by atoms with van der Waals surface area (Å²) in [5.41, 5.74) is -0.219. The number of benzene rings is 2. The van der Waals surface area contributed by atoms with Crippen LogP contribution in [0.3, 0.4) is 0 Å². The summed E-state index contributed by atoms with van der Waals surface area (Å²) in [7, 11) is -4.04. The highest BCUT2D eigenvalue weighted by molar-refractivity contribution is 7.92. The molecule has 3 saturated carbocycles. The molecular weight excluding hydrogens is 574 g/mol. The number of sulfone groups is 1. The molecule has 5 atom stereocenters. The molecule has 0 aliphatic heterocycles. The summed E-state index contributed by atoms with van der Waals surface area (Å²) < 4.78 is 54.5. The van der Waals surface area contributed by atoms with E-state index in [1.807, 2.05) is 12.1 Å². The van der Waals surface area contributed by atoms with Crippen LogP contribution in [0.25, 0.3) is 0 Å². The Morgan fingerprint density at radius 3 is 2.37 bits per heavy atom. The molecule has 41 heavy (non-hydrogen) atoms. The third-order valence-corrected chi connectivity index (χ3v) is 11.5. The molecule has 0 radical (unpaired) electrons. The summed E-state index contributed by atoms with van der Waals surface area (Å²) in [6.07, 6.45) is 2.24. The highest BCUT2D eigenvalue weighted by atomic mass is 35.5. The van der Waals surface area contributed by atoms with E-state index < -0.39 is 56.2 Å². The van der Waals surface area contributed by atoms with Gasteiger partial charge in [0.05, 0.1) is 20.9 Å². The molecule has 2 aromatic carbocycles. The lowest BCUT2D eigenvalue weighted by atomic mass is 9.70. The van der Waals surface area contributed by atoms with Crippen LogP contribution >= 0.6 is 11.6 Å². The number of anilines is 1. The Labute approximate surface area is 241 Å². The number of rotatable bonds is 7. The van der Waals surface area contributed by atoms with E-state index >= 15 is 0 Å². The Balaban J connectivity index is 1.23. The van der Waals surface area contributed by atoms with E-state index in [1.54, 1.807) is 6.07 Å². The fourth-order valence-corrected chi connectivity index (χ4v) is 8.93. The summed E-state index contributed by atoms with van der Waals surface area (Å²) in [4.78, 5) is 17.2. The first-order chi connectivity index (χ1) is 19.5. The van der Waals surface area contributed by atoms with Crippen LogP contribution < -0.4 is 5.32 Å². The van der Waals surface area contributed by atoms with Crippen molar-refractivity contribution in [2.24, 2.45) is 11.8 Å². The molecule has 3 N–H and O–H groups in total. The second kappa shape index (κ2) is 10.4. The van der Waals surface area contributed by atoms with E-state index in [-0.39, 0.29) is 34.0 Å². The number of hydrogen-bond donors (Lipinski definition) is 3. The summed E-state index contributed by atoms with van der Waals surface area (Å²) >= 11 is 6.32. The zero-order chi connectivity index (χ0) is 29.1. The van der Waals surface area contributed by atoms with Crippen molar-refractivity contribution in [2.75, 3.05) is 5.32 Å². The third-order valence-electron chi connectivity index (χ3n) is 8.89. The Bertz CT molecular complexity index is 1620. The highest BCUT2D eigenvalue weighted by Gasteiger charge is 2.59. The summed E-state index contributed by atoms with van der Waals surface area (Å²) in [5, 5.41) is 24.7. The molecule has 3 aromatic rings. The number of pyridine rings is 1. The molecule has 2 unspecified atom stereocenters. The molecule has 3 fully saturated rings. The first kappa shape index (κ1) is 28.2. The molecule has 3 aliphatic carbocycles. The molecule has 7 nitrogen and oxygen atoms in total. The van der Waals surface area contributed by atoms with Crippen LogP contribution in [0, 0.1) is 23.5 Å². The molecule has 1 amide bonds. The molecule has 1 aromatic heterocycles.